The first-order valence-electron chi connectivity index (χ1n) is 7.81. The lowest BCUT2D eigenvalue weighted by Crippen LogP contribution is -2.32. The van der Waals surface area contributed by atoms with Gasteiger partial charge in [0.15, 0.2) is 5.76 Å². The molecule has 10 heteroatoms. The van der Waals surface area contributed by atoms with Crippen molar-refractivity contribution in [2.24, 2.45) is 0 Å². The van der Waals surface area contributed by atoms with E-state index in [1.165, 1.54) is 42.3 Å². The van der Waals surface area contributed by atoms with Gasteiger partial charge in [-0.15, -0.1) is 0 Å². The number of carbonyl (C=O) groups excluding carboxylic acids is 2. The number of fused-ring (bicyclic) bond motifs is 1. The second-order valence-corrected chi connectivity index (χ2v) is 5.62. The highest BCUT2D eigenvalue weighted by atomic mass is 19.1. The summed E-state index contributed by atoms with van der Waals surface area (Å²) in [5.41, 5.74) is 0.207. The lowest BCUT2D eigenvalue weighted by molar-refractivity contribution is -0.136. The number of allylic oxidation sites excluding steroid dienone is 1. The van der Waals surface area contributed by atoms with Crippen LogP contribution in [0.15, 0.2) is 58.3 Å². The topological polar surface area (TPSA) is 112 Å². The molecule has 0 radical (unpaired) electrons. The second kappa shape index (κ2) is 6.48. The number of Topliss-reactive ketones (excluding diaryl/α,β-unsaturated/α-hetero) is 1. The number of nitrogens with zero attached hydrogens (tertiary/aromatic N) is 4. The fourth-order valence-corrected chi connectivity index (χ4v) is 2.91. The maximum absolute atomic E-state index is 13.9. The van der Waals surface area contributed by atoms with E-state index in [0.29, 0.717) is 5.56 Å². The maximum Gasteiger partial charge on any atom is 0.355 e. The molecule has 4 rings (SSSR count). The Labute approximate surface area is 151 Å². The third kappa shape index (κ3) is 2.76. The van der Waals surface area contributed by atoms with Crippen LogP contribution in [0.25, 0.3) is 0 Å². The van der Waals surface area contributed by atoms with Crippen molar-refractivity contribution in [2.45, 2.75) is 6.04 Å². The van der Waals surface area contributed by atoms with Crippen LogP contribution >= 0.6 is 0 Å². The van der Waals surface area contributed by atoms with E-state index >= 15 is 0 Å². The zero-order valence-corrected chi connectivity index (χ0v) is 13.9. The Hall–Kier alpha value is -3.82. The molecular weight excluding hydrogens is 357 g/mol. The van der Waals surface area contributed by atoms with Gasteiger partial charge < -0.3 is 14.5 Å². The molecule has 136 valence electrons. The first-order valence-corrected chi connectivity index (χ1v) is 7.81. The number of anilines is 1. The van der Waals surface area contributed by atoms with E-state index in [4.69, 9.17) is 9.15 Å². The summed E-state index contributed by atoms with van der Waals surface area (Å²) in [4.78, 5) is 25.5. The number of ketones is 1. The predicted molar refractivity (Wildman–Crippen MR) is 88.1 cm³/mol. The zero-order valence-electron chi connectivity index (χ0n) is 13.9. The average Bonchev–Trinajstić information content (AvgIpc) is 3.36. The number of rotatable bonds is 4. The fourth-order valence-electron chi connectivity index (χ4n) is 2.91. The lowest BCUT2D eigenvalue weighted by Gasteiger charge is -2.27. The van der Waals surface area contributed by atoms with Gasteiger partial charge in [-0.25, -0.2) is 9.18 Å². The number of ether oxygens (including phenoxy) is 1. The molecule has 0 aliphatic carbocycles. The van der Waals surface area contributed by atoms with Gasteiger partial charge in [0.25, 0.3) is 0 Å². The van der Waals surface area contributed by atoms with E-state index in [1.807, 2.05) is 0 Å². The number of nitrogens with one attached hydrogen (secondary N) is 1. The standard InChI is InChI=1S/C17H12FN5O4/c1-26-16(25)13-12(15(24)11-6-3-7-27-11)14(9-4-2-5-10(18)8-9)23-17(19-13)20-21-22-23/h2-8,14H,1H3,(H,19,20,22)/t14-/m0/s1. The van der Waals surface area contributed by atoms with Gasteiger partial charge in [0.2, 0.25) is 11.7 Å². The molecule has 1 atom stereocenters. The summed E-state index contributed by atoms with van der Waals surface area (Å²) >= 11 is 0. The molecule has 0 unspecified atom stereocenters. The monoisotopic (exact) mass is 369 g/mol. The molecule has 0 amide bonds. The van der Waals surface area contributed by atoms with Crippen molar-refractivity contribution < 1.29 is 23.1 Å². The number of carbonyl (C=O) groups is 2. The minimum Gasteiger partial charge on any atom is -0.464 e. The molecule has 0 spiro atoms. The van der Waals surface area contributed by atoms with Crippen LogP contribution in [0.3, 0.4) is 0 Å². The Morgan fingerprint density at radius 3 is 2.85 bits per heavy atom. The summed E-state index contributed by atoms with van der Waals surface area (Å²) in [6.07, 6.45) is 1.33. The number of halogens is 1. The van der Waals surface area contributed by atoms with Gasteiger partial charge in [-0.3, -0.25) is 4.79 Å². The molecule has 1 N–H and O–H groups in total. The Morgan fingerprint density at radius 1 is 1.30 bits per heavy atom. The van der Waals surface area contributed by atoms with Gasteiger partial charge in [0, 0.05) is 0 Å². The smallest absolute Gasteiger partial charge is 0.355 e. The molecule has 0 saturated carbocycles. The summed E-state index contributed by atoms with van der Waals surface area (Å²) in [6, 6.07) is 7.65. The van der Waals surface area contributed by atoms with Crippen LogP contribution < -0.4 is 5.32 Å². The molecule has 2 aromatic heterocycles. The van der Waals surface area contributed by atoms with E-state index in [-0.39, 0.29) is 23.0 Å². The van der Waals surface area contributed by atoms with Crippen molar-refractivity contribution in [3.8, 4) is 0 Å². The molecule has 27 heavy (non-hydrogen) atoms. The number of hydrogen-bond donors (Lipinski definition) is 1. The summed E-state index contributed by atoms with van der Waals surface area (Å²) in [5, 5.41) is 14.0. The van der Waals surface area contributed by atoms with Crippen molar-refractivity contribution in [1.29, 1.82) is 0 Å². The lowest BCUT2D eigenvalue weighted by atomic mass is 9.91. The Bertz CT molecular complexity index is 1060. The van der Waals surface area contributed by atoms with Crippen LogP contribution in [0.5, 0.6) is 0 Å². The first kappa shape index (κ1) is 16.6. The third-order valence-corrected chi connectivity index (χ3v) is 4.06. The van der Waals surface area contributed by atoms with Crippen LogP contribution in [0, 0.1) is 5.82 Å². The van der Waals surface area contributed by atoms with Gasteiger partial charge in [-0.1, -0.05) is 17.2 Å². The summed E-state index contributed by atoms with van der Waals surface area (Å²) in [5.74, 6) is -1.76. The van der Waals surface area contributed by atoms with Crippen molar-refractivity contribution >= 4 is 17.7 Å². The largest absolute Gasteiger partial charge is 0.464 e. The van der Waals surface area contributed by atoms with Crippen LogP contribution in [0.4, 0.5) is 10.3 Å². The minimum atomic E-state index is -0.960. The van der Waals surface area contributed by atoms with Crippen molar-refractivity contribution in [2.75, 3.05) is 12.4 Å². The van der Waals surface area contributed by atoms with E-state index in [9.17, 15) is 14.0 Å². The Kier molecular flexibility index (Phi) is 3.99. The normalized spacial score (nSPS) is 15.9. The first-order chi connectivity index (χ1) is 13.1. The minimum absolute atomic E-state index is 0.00568. The van der Waals surface area contributed by atoms with E-state index in [2.05, 4.69) is 20.8 Å². The number of aromatic nitrogens is 4. The van der Waals surface area contributed by atoms with Crippen molar-refractivity contribution in [3.05, 3.63) is 71.1 Å². The number of methoxy groups -OCH3 is 1. The average molecular weight is 369 g/mol. The molecule has 0 fully saturated rings. The number of hydrogen-bond acceptors (Lipinski definition) is 8. The molecule has 1 aromatic carbocycles. The number of esters is 1. The molecule has 3 heterocycles. The Morgan fingerprint density at radius 2 is 2.15 bits per heavy atom. The van der Waals surface area contributed by atoms with Gasteiger partial charge in [0.05, 0.1) is 18.9 Å². The quantitative estimate of drug-likeness (QED) is 0.547. The molecule has 3 aromatic rings. The number of benzene rings is 1. The highest BCUT2D eigenvalue weighted by Gasteiger charge is 2.39. The van der Waals surface area contributed by atoms with E-state index in [1.54, 1.807) is 12.1 Å². The van der Waals surface area contributed by atoms with Crippen LogP contribution in [-0.2, 0) is 9.53 Å². The van der Waals surface area contributed by atoms with Gasteiger partial charge in [-0.05, 0) is 40.3 Å². The highest BCUT2D eigenvalue weighted by Crippen LogP contribution is 2.36. The molecule has 1 aliphatic heterocycles. The molecule has 1 aliphatic rings. The summed E-state index contributed by atoms with van der Waals surface area (Å²) in [6.45, 7) is 0. The third-order valence-electron chi connectivity index (χ3n) is 4.06. The van der Waals surface area contributed by atoms with Crippen LogP contribution in [0.1, 0.15) is 22.2 Å². The van der Waals surface area contributed by atoms with Gasteiger partial charge in [0.1, 0.15) is 17.6 Å². The van der Waals surface area contributed by atoms with Crippen LogP contribution in [-0.4, -0.2) is 39.1 Å². The number of furan rings is 1. The molecule has 0 bridgehead atoms. The van der Waals surface area contributed by atoms with E-state index < -0.39 is 23.6 Å². The summed E-state index contributed by atoms with van der Waals surface area (Å²) in [7, 11) is 1.18. The van der Waals surface area contributed by atoms with E-state index in [0.717, 1.165) is 0 Å². The van der Waals surface area contributed by atoms with Crippen molar-refractivity contribution in [3.63, 3.8) is 0 Å². The predicted octanol–water partition coefficient (Wildman–Crippen LogP) is 1.73. The number of tetrazole rings is 1. The molecular formula is C17H12FN5O4. The zero-order chi connectivity index (χ0) is 19.0. The van der Waals surface area contributed by atoms with Crippen LogP contribution in [0.2, 0.25) is 0 Å². The van der Waals surface area contributed by atoms with Gasteiger partial charge in [-0.2, -0.15) is 4.68 Å². The fraction of sp³-hybridized carbons (Fsp3) is 0.118. The maximum atomic E-state index is 13.9. The Balaban J connectivity index is 1.97. The molecule has 0 saturated heterocycles. The molecule has 9 nitrogen and oxygen atoms in total. The van der Waals surface area contributed by atoms with Gasteiger partial charge >= 0.3 is 5.97 Å². The SMILES string of the molecule is COC(=O)C1=C(C(=O)c2ccco2)[C@H](c2cccc(F)c2)n2nnnc2N1. The highest BCUT2D eigenvalue weighted by molar-refractivity contribution is 6.13. The summed E-state index contributed by atoms with van der Waals surface area (Å²) < 4.78 is 25.1. The second-order valence-electron chi connectivity index (χ2n) is 5.62. The van der Waals surface area contributed by atoms with Crippen molar-refractivity contribution in [1.82, 2.24) is 20.2 Å².